The Balaban J connectivity index is 0.000000322. The van der Waals surface area contributed by atoms with Crippen molar-refractivity contribution in [2.45, 2.75) is 68.6 Å². The maximum atomic E-state index is 12.6. The fourth-order valence-electron chi connectivity index (χ4n) is 15.8. The molecule has 694 valence electrons. The van der Waals surface area contributed by atoms with E-state index in [1.54, 1.807) is 56.9 Å². The number of halogens is 7. The van der Waals surface area contributed by atoms with Gasteiger partial charge in [-0.2, -0.15) is 0 Å². The third kappa shape index (κ3) is 53.4. The lowest BCUT2D eigenvalue weighted by molar-refractivity contribution is -0.127. The van der Waals surface area contributed by atoms with Gasteiger partial charge < -0.3 is 51.5 Å². The highest BCUT2D eigenvalue weighted by Gasteiger charge is 2.37. The fraction of sp³-hybridized carbons (Fsp3) is 0.609. The van der Waals surface area contributed by atoms with Crippen molar-refractivity contribution in [1.29, 1.82) is 0 Å². The van der Waals surface area contributed by atoms with Crippen LogP contribution >= 0.6 is 196 Å². The zero-order valence-corrected chi connectivity index (χ0v) is 92.8. The number of piperidine rings is 5. The molecule has 5 aromatic carbocycles. The smallest absolute Gasteiger partial charge is 0.234 e. The lowest BCUT2D eigenvalue weighted by Crippen LogP contribution is -2.46. The van der Waals surface area contributed by atoms with Crippen molar-refractivity contribution in [2.24, 2.45) is 35.3 Å². The van der Waals surface area contributed by atoms with E-state index in [9.17, 15) is 19.2 Å². The van der Waals surface area contributed by atoms with Gasteiger partial charge in [-0.15, -0.1) is 110 Å². The molecule has 12 radical (unpaired) electrons. The van der Waals surface area contributed by atoms with E-state index in [0.29, 0.717) is 61.1 Å². The molecule has 0 aromatic heterocycles. The summed E-state index contributed by atoms with van der Waals surface area (Å²) in [6, 6.07) is 40.7. The number of carbonyl (C=O) groups is 4. The molecule has 0 saturated carbocycles. The molecule has 0 spiro atoms. The van der Waals surface area contributed by atoms with Crippen LogP contribution in [0.1, 0.15) is 96.4 Å². The summed E-state index contributed by atoms with van der Waals surface area (Å²) in [5.74, 6) is 9.98. The summed E-state index contributed by atoms with van der Waals surface area (Å²) in [6.45, 7) is 32.1. The monoisotopic (exact) mass is 2130 g/mol. The van der Waals surface area contributed by atoms with Crippen molar-refractivity contribution >= 4 is 264 Å². The van der Waals surface area contributed by atoms with Crippen LogP contribution in [-0.4, -0.2) is 337 Å². The highest BCUT2D eigenvalue weighted by Crippen LogP contribution is 2.45. The Morgan fingerprint density at radius 3 is 1.10 bits per heavy atom. The molecule has 5 saturated heterocycles. The minimum Gasteiger partial charge on any atom is -0.355 e. The zero-order chi connectivity index (χ0) is 93.9. The molecule has 40 heteroatoms. The average molecular weight is 2130 g/mol. The molecule has 15 nitrogen and oxygen atoms in total. The topological polar surface area (TPSA) is 162 Å². The lowest BCUT2D eigenvalue weighted by Gasteiger charge is -2.39. The lowest BCUT2D eigenvalue weighted by atomic mass is 9.80. The SMILES string of the molecule is CC1CN(C)CCC1c1ccc(Cl)cc1.CN1CCC(c2ccc(Cl)cc2)C(C(=O)Cl)C1.[B]P(C)SCCN.[B]P(C)SCCNC(=O)C1CN(C)CCC1c1ccc(Cl)cc1.[B]P(C)SCCNC(=O)CBr.[B]P(C)SCCNC(=O)CN(CCSP([B])C)CC1CN(C)CCC1c1ccc(Cl)cc1.[B]P(C)SCCNCC1CN(C)CCC1c1ccc(Cl)cc1. The number of hydrogen-bond donors (Lipinski definition) is 5. The largest absolute Gasteiger partial charge is 0.355 e. The predicted octanol–water partition coefficient (Wildman–Crippen LogP) is 20.3. The van der Waals surface area contributed by atoms with Crippen LogP contribution in [0.25, 0.3) is 0 Å². The van der Waals surface area contributed by atoms with Gasteiger partial charge in [-0.1, -0.05) is 142 Å². The summed E-state index contributed by atoms with van der Waals surface area (Å²) >= 11 is 49.2. The molecular formula is C87H134B6BrCl6N11O4P6S6. The van der Waals surface area contributed by atoms with Crippen molar-refractivity contribution < 1.29 is 19.2 Å². The Bertz CT molecular complexity index is 3810. The Labute approximate surface area is 843 Å². The van der Waals surface area contributed by atoms with E-state index in [4.69, 9.17) is 121 Å². The number of rotatable bonds is 37. The van der Waals surface area contributed by atoms with Gasteiger partial charge in [-0.3, -0.25) is 24.1 Å². The maximum Gasteiger partial charge on any atom is 0.234 e. The summed E-state index contributed by atoms with van der Waals surface area (Å²) in [5, 5.41) is 16.5. The van der Waals surface area contributed by atoms with Gasteiger partial charge in [0.1, 0.15) is 45.4 Å². The fourth-order valence-corrected chi connectivity index (χ4v) is 26.7. The predicted molar refractivity (Wildman–Crippen MR) is 593 cm³/mol. The molecule has 16 unspecified atom stereocenters. The summed E-state index contributed by atoms with van der Waals surface area (Å²) in [5.41, 5.74) is 11.8. The second-order valence-electron chi connectivity index (χ2n) is 32.7. The van der Waals surface area contributed by atoms with Crippen LogP contribution in [-0.2, 0) is 19.2 Å². The van der Waals surface area contributed by atoms with E-state index < -0.39 is 21.0 Å². The molecule has 0 bridgehead atoms. The number of nitrogens with zero attached hydrogens (tertiary/aromatic N) is 6. The molecule has 16 atom stereocenters. The normalized spacial score (nSPS) is 22.5. The highest BCUT2D eigenvalue weighted by molar-refractivity contribution is 9.09. The molecule has 3 amide bonds. The molecule has 5 aromatic rings. The molecular weight excluding hydrogens is 2000 g/mol. The minimum atomic E-state index is -0.488. The van der Waals surface area contributed by atoms with Crippen molar-refractivity contribution in [3.8, 4) is 0 Å². The van der Waals surface area contributed by atoms with E-state index in [2.05, 4.69) is 151 Å². The van der Waals surface area contributed by atoms with E-state index in [0.717, 1.165) is 169 Å². The third-order valence-electron chi connectivity index (χ3n) is 21.9. The van der Waals surface area contributed by atoms with Gasteiger partial charge >= 0.3 is 0 Å². The number of amides is 3. The number of nitrogens with two attached hydrogens (primary N) is 1. The summed E-state index contributed by atoms with van der Waals surface area (Å²) in [7, 11) is 42.7. The van der Waals surface area contributed by atoms with Gasteiger partial charge in [-0.05, 0) is 294 Å². The van der Waals surface area contributed by atoms with Crippen molar-refractivity contribution in [3.63, 3.8) is 0 Å². The second kappa shape index (κ2) is 69.9. The van der Waals surface area contributed by atoms with Crippen LogP contribution in [0.4, 0.5) is 0 Å². The molecule has 5 aliphatic rings. The molecule has 10 rings (SSSR count). The standard InChI is InChI=1S/C21H34B2ClN3OP2S2.C16H23BClN2OPS.C16H25BClN2PS.C13H15Cl2NO.C13H18ClN.C5H10BBrNOPS.C3H9BNPS/c1-26-10-8-20(17-4-6-19(24)7-5-17)18(14-26)15-27(11-13-32-30(3)23)16-21(28)25-9-12-31-29(2)22;1-20-9-7-14(12-3-5-13(18)6-4-12)15(11-20)16(21)19-8-10-23-22(2)17;1-20-9-7-16(13-3-5-15(18)6-4-13)14(12-20)11-19-8-10-22-21(2)17;1-16-7-6-11(12(8-16)13(15)17)9-2-4-10(14)5-3-9;1-10-9-15(2)8-7-13(10)11-3-5-12(14)6-4-11;1-10(6)11-3-2-8-5(9)4-7;1-6(4)7-3-2-5/h4-7,18,20H,8-16H2,1-3H3,(H,25,28);3-6,14-15H,7-11H2,1-2H3,(H,19,21);3-6,14,16,19H,7-12H2,1-2H3;2-5,11-12H,6-8H2,1H3;3-6,10,13H,7-9H2,1-2H3;2-4H2,1H3,(H,8,9);2-3,5H2,1H3. The van der Waals surface area contributed by atoms with Crippen LogP contribution in [0, 0.1) is 29.6 Å². The zero-order valence-electron chi connectivity index (χ0n) is 76.4. The molecule has 5 fully saturated rings. The van der Waals surface area contributed by atoms with E-state index in [-0.39, 0.29) is 67.6 Å². The Kier molecular flexibility index (Phi) is 66.3. The number of alkyl halides is 1. The van der Waals surface area contributed by atoms with Crippen LogP contribution < -0.4 is 27.0 Å². The quantitative estimate of drug-likeness (QED) is 0.00839. The van der Waals surface area contributed by atoms with E-state index >= 15 is 0 Å². The van der Waals surface area contributed by atoms with Crippen molar-refractivity contribution in [3.05, 3.63) is 174 Å². The van der Waals surface area contributed by atoms with Crippen LogP contribution in [0.2, 0.25) is 25.1 Å². The Hall–Kier alpha value is 1.15. The number of benzene rings is 5. The summed E-state index contributed by atoms with van der Waals surface area (Å²) < 4.78 is 0. The Morgan fingerprint density at radius 1 is 0.417 bits per heavy atom. The first-order valence-corrected chi connectivity index (χ1v) is 67.1. The molecule has 5 heterocycles. The minimum absolute atomic E-state index is 0.0130. The first kappa shape index (κ1) is 120. The van der Waals surface area contributed by atoms with Gasteiger partial charge in [0.2, 0.25) is 23.0 Å². The molecule has 5 aliphatic heterocycles. The van der Waals surface area contributed by atoms with Gasteiger partial charge in [0.05, 0.1) is 23.7 Å². The van der Waals surface area contributed by atoms with Crippen LogP contribution in [0.15, 0.2) is 121 Å². The van der Waals surface area contributed by atoms with Crippen molar-refractivity contribution in [2.75, 3.05) is 239 Å². The summed E-state index contributed by atoms with van der Waals surface area (Å²) in [4.78, 5) is 61.4. The molecule has 127 heavy (non-hydrogen) atoms. The average Bonchev–Trinajstić information content (AvgIpc) is 0.860. The molecule has 6 N–H and O–H groups in total. The second-order valence-corrected chi connectivity index (χ2v) is 61.4. The van der Waals surface area contributed by atoms with Crippen LogP contribution in [0.3, 0.4) is 0 Å². The van der Waals surface area contributed by atoms with Gasteiger partial charge in [0, 0.05) is 138 Å². The number of carbonyl (C=O) groups excluding carboxylic acids is 4. The third-order valence-corrected chi connectivity index (χ3v) is 39.4. The highest BCUT2D eigenvalue weighted by atomic mass is 79.9. The van der Waals surface area contributed by atoms with E-state index in [1.807, 2.05) is 130 Å². The van der Waals surface area contributed by atoms with E-state index in [1.165, 1.54) is 54.7 Å². The van der Waals surface area contributed by atoms with Crippen molar-refractivity contribution in [1.82, 2.24) is 50.7 Å². The van der Waals surface area contributed by atoms with Gasteiger partial charge in [-0.25, -0.2) is 0 Å². The summed E-state index contributed by atoms with van der Waals surface area (Å²) in [6.07, 6.45) is 5.56. The number of hydrogen-bond acceptors (Lipinski definition) is 18. The van der Waals surface area contributed by atoms with Gasteiger partial charge in [0.25, 0.3) is 0 Å². The Morgan fingerprint density at radius 2 is 0.724 bits per heavy atom. The van der Waals surface area contributed by atoms with Gasteiger partial charge in [0.15, 0.2) is 0 Å². The molecule has 0 aliphatic carbocycles. The number of likely N-dealkylation sites (tertiary alicyclic amines) is 5. The number of nitrogens with one attached hydrogen (secondary N) is 4. The maximum absolute atomic E-state index is 12.6. The first-order valence-electron chi connectivity index (χ1n) is 43.0. The first-order chi connectivity index (χ1) is 60.4. The van der Waals surface area contributed by atoms with Crippen LogP contribution in [0.5, 0.6) is 0 Å².